The third kappa shape index (κ3) is 4.52. The van der Waals surface area contributed by atoms with E-state index in [0.717, 1.165) is 5.92 Å². The lowest BCUT2D eigenvalue weighted by Crippen LogP contribution is -2.44. The third-order valence-electron chi connectivity index (χ3n) is 3.70. The number of piperidine rings is 1. The zero-order chi connectivity index (χ0) is 11.1. The fourth-order valence-electron chi connectivity index (χ4n) is 2.64. The summed E-state index contributed by atoms with van der Waals surface area (Å²) in [4.78, 5) is 2.66. The van der Waals surface area contributed by atoms with Crippen LogP contribution in [-0.2, 0) is 0 Å². The summed E-state index contributed by atoms with van der Waals surface area (Å²) >= 11 is 0. The molecule has 90 valence electrons. The second-order valence-electron chi connectivity index (χ2n) is 4.95. The number of hydrogen-bond acceptors (Lipinski definition) is 2. The molecule has 0 aromatic heterocycles. The predicted octanol–water partition coefficient (Wildman–Crippen LogP) is 2.50. The monoisotopic (exact) mass is 212 g/mol. The fraction of sp³-hybridized carbons (Fsp3) is 1.00. The van der Waals surface area contributed by atoms with Gasteiger partial charge in [-0.1, -0.05) is 26.7 Å². The van der Waals surface area contributed by atoms with E-state index in [1.807, 2.05) is 0 Å². The molecule has 0 spiro atoms. The molecule has 0 saturated carbocycles. The van der Waals surface area contributed by atoms with Gasteiger partial charge >= 0.3 is 0 Å². The normalized spacial score (nSPS) is 25.4. The summed E-state index contributed by atoms with van der Waals surface area (Å²) in [5.41, 5.74) is 0. The molecule has 2 heteroatoms. The molecule has 1 heterocycles. The molecule has 1 rings (SSSR count). The summed E-state index contributed by atoms with van der Waals surface area (Å²) in [6.07, 6.45) is 6.81. The van der Waals surface area contributed by atoms with Crippen LogP contribution in [0, 0.1) is 5.92 Å². The second-order valence-corrected chi connectivity index (χ2v) is 4.95. The molecule has 0 radical (unpaired) electrons. The van der Waals surface area contributed by atoms with E-state index in [2.05, 4.69) is 31.1 Å². The summed E-state index contributed by atoms with van der Waals surface area (Å²) in [5, 5.41) is 3.44. The van der Waals surface area contributed by atoms with Crippen LogP contribution >= 0.6 is 0 Å². The van der Waals surface area contributed by atoms with E-state index < -0.39 is 0 Å². The van der Waals surface area contributed by atoms with Crippen LogP contribution in [0.25, 0.3) is 0 Å². The fourth-order valence-corrected chi connectivity index (χ4v) is 2.64. The quantitative estimate of drug-likeness (QED) is 0.728. The van der Waals surface area contributed by atoms with Crippen LogP contribution in [0.5, 0.6) is 0 Å². The highest BCUT2D eigenvalue weighted by Crippen LogP contribution is 2.19. The lowest BCUT2D eigenvalue weighted by atomic mass is 9.95. The maximum atomic E-state index is 3.44. The molecule has 0 aromatic rings. The average Bonchev–Trinajstić information content (AvgIpc) is 2.29. The SMILES string of the molecule is CCCC(CN1CCCC(CC)C1)NC. The molecular formula is C13H28N2. The van der Waals surface area contributed by atoms with Crippen molar-refractivity contribution in [2.75, 3.05) is 26.7 Å². The Morgan fingerprint density at radius 2 is 2.20 bits per heavy atom. The van der Waals surface area contributed by atoms with Gasteiger partial charge in [-0.2, -0.15) is 0 Å². The lowest BCUT2D eigenvalue weighted by Gasteiger charge is -2.34. The molecule has 1 aliphatic heterocycles. The van der Waals surface area contributed by atoms with Gasteiger partial charge in [0.15, 0.2) is 0 Å². The molecule has 2 atom stereocenters. The molecule has 15 heavy (non-hydrogen) atoms. The summed E-state index contributed by atoms with van der Waals surface area (Å²) in [5.74, 6) is 0.956. The van der Waals surface area contributed by atoms with Crippen LogP contribution in [0.2, 0.25) is 0 Å². The first-order valence-corrected chi connectivity index (χ1v) is 6.69. The molecular weight excluding hydrogens is 184 g/mol. The Morgan fingerprint density at radius 3 is 2.80 bits per heavy atom. The van der Waals surface area contributed by atoms with E-state index in [4.69, 9.17) is 0 Å². The number of hydrogen-bond donors (Lipinski definition) is 1. The van der Waals surface area contributed by atoms with Gasteiger partial charge in [-0.25, -0.2) is 0 Å². The van der Waals surface area contributed by atoms with Crippen LogP contribution in [0.3, 0.4) is 0 Å². The molecule has 2 nitrogen and oxygen atoms in total. The minimum atomic E-state index is 0.700. The molecule has 1 aliphatic rings. The molecule has 1 saturated heterocycles. The molecule has 0 aromatic carbocycles. The van der Waals surface area contributed by atoms with Crippen molar-refractivity contribution in [2.45, 2.75) is 52.0 Å². The minimum absolute atomic E-state index is 0.700. The molecule has 0 aliphatic carbocycles. The van der Waals surface area contributed by atoms with Crippen LogP contribution < -0.4 is 5.32 Å². The Kier molecular flexibility index (Phi) is 6.26. The molecule has 1 fully saturated rings. The first kappa shape index (κ1) is 13.0. The van der Waals surface area contributed by atoms with Gasteiger partial charge < -0.3 is 10.2 Å². The van der Waals surface area contributed by atoms with Gasteiger partial charge in [-0.05, 0) is 38.8 Å². The largest absolute Gasteiger partial charge is 0.316 e. The van der Waals surface area contributed by atoms with E-state index in [0.29, 0.717) is 6.04 Å². The second kappa shape index (κ2) is 7.24. The predicted molar refractivity (Wildman–Crippen MR) is 67.2 cm³/mol. The Balaban J connectivity index is 2.29. The van der Waals surface area contributed by atoms with Gasteiger partial charge in [0.1, 0.15) is 0 Å². The van der Waals surface area contributed by atoms with E-state index in [9.17, 15) is 0 Å². The van der Waals surface area contributed by atoms with Crippen molar-refractivity contribution < 1.29 is 0 Å². The number of likely N-dealkylation sites (tertiary alicyclic amines) is 1. The zero-order valence-electron chi connectivity index (χ0n) is 10.8. The van der Waals surface area contributed by atoms with E-state index in [-0.39, 0.29) is 0 Å². The van der Waals surface area contributed by atoms with Gasteiger partial charge in [0.25, 0.3) is 0 Å². The van der Waals surface area contributed by atoms with Crippen molar-refractivity contribution in [1.29, 1.82) is 0 Å². The first-order valence-electron chi connectivity index (χ1n) is 6.69. The molecule has 0 bridgehead atoms. The van der Waals surface area contributed by atoms with E-state index in [1.54, 1.807) is 0 Å². The highest BCUT2D eigenvalue weighted by Gasteiger charge is 2.20. The Labute approximate surface area is 95.4 Å². The maximum Gasteiger partial charge on any atom is 0.0191 e. The average molecular weight is 212 g/mol. The zero-order valence-corrected chi connectivity index (χ0v) is 10.8. The smallest absolute Gasteiger partial charge is 0.0191 e. The van der Waals surface area contributed by atoms with Gasteiger partial charge in [0, 0.05) is 19.1 Å². The van der Waals surface area contributed by atoms with Crippen LogP contribution in [0.15, 0.2) is 0 Å². The maximum absolute atomic E-state index is 3.44. The summed E-state index contributed by atoms with van der Waals surface area (Å²) in [6, 6.07) is 0.700. The Hall–Kier alpha value is -0.0800. The minimum Gasteiger partial charge on any atom is -0.316 e. The van der Waals surface area contributed by atoms with Crippen LogP contribution in [0.1, 0.15) is 46.0 Å². The van der Waals surface area contributed by atoms with Crippen molar-refractivity contribution in [3.05, 3.63) is 0 Å². The first-order chi connectivity index (χ1) is 7.30. The van der Waals surface area contributed by atoms with Crippen molar-refractivity contribution in [3.8, 4) is 0 Å². The molecule has 2 unspecified atom stereocenters. The van der Waals surface area contributed by atoms with Gasteiger partial charge in [-0.3, -0.25) is 0 Å². The Bertz CT molecular complexity index is 159. The summed E-state index contributed by atoms with van der Waals surface area (Å²) < 4.78 is 0. The number of likely N-dealkylation sites (N-methyl/N-ethyl adjacent to an activating group) is 1. The van der Waals surface area contributed by atoms with Crippen LogP contribution in [0.4, 0.5) is 0 Å². The Morgan fingerprint density at radius 1 is 1.40 bits per heavy atom. The van der Waals surface area contributed by atoms with Gasteiger partial charge in [0.05, 0.1) is 0 Å². The standard InChI is InChI=1S/C13H28N2/c1-4-7-13(14-3)11-15-9-6-8-12(5-2)10-15/h12-14H,4-11H2,1-3H3. The highest BCUT2D eigenvalue weighted by molar-refractivity contribution is 4.76. The number of nitrogens with one attached hydrogen (secondary N) is 1. The van der Waals surface area contributed by atoms with Crippen molar-refractivity contribution >= 4 is 0 Å². The topological polar surface area (TPSA) is 15.3 Å². The van der Waals surface area contributed by atoms with Crippen molar-refractivity contribution in [2.24, 2.45) is 5.92 Å². The van der Waals surface area contributed by atoms with E-state index >= 15 is 0 Å². The summed E-state index contributed by atoms with van der Waals surface area (Å²) in [7, 11) is 2.10. The summed E-state index contributed by atoms with van der Waals surface area (Å²) in [6.45, 7) is 8.50. The number of nitrogens with zero attached hydrogens (tertiary/aromatic N) is 1. The third-order valence-corrected chi connectivity index (χ3v) is 3.70. The van der Waals surface area contributed by atoms with Crippen LogP contribution in [-0.4, -0.2) is 37.6 Å². The number of rotatable bonds is 6. The molecule has 0 amide bonds. The molecule has 1 N–H and O–H groups in total. The van der Waals surface area contributed by atoms with Gasteiger partial charge in [-0.15, -0.1) is 0 Å². The lowest BCUT2D eigenvalue weighted by molar-refractivity contribution is 0.155. The van der Waals surface area contributed by atoms with E-state index in [1.165, 1.54) is 51.7 Å². The van der Waals surface area contributed by atoms with Crippen molar-refractivity contribution in [1.82, 2.24) is 10.2 Å². The van der Waals surface area contributed by atoms with Crippen molar-refractivity contribution in [3.63, 3.8) is 0 Å². The van der Waals surface area contributed by atoms with Gasteiger partial charge in [0.2, 0.25) is 0 Å². The highest BCUT2D eigenvalue weighted by atomic mass is 15.2.